The molecule has 0 saturated carbocycles. The van der Waals surface area contributed by atoms with Crippen molar-refractivity contribution in [2.45, 2.75) is 0 Å². The van der Waals surface area contributed by atoms with E-state index in [2.05, 4.69) is 194 Å². The third-order valence-electron chi connectivity index (χ3n) is 14.3. The van der Waals surface area contributed by atoms with Crippen molar-refractivity contribution in [1.82, 2.24) is 18.3 Å². The molecule has 14 aromatic rings. The van der Waals surface area contributed by atoms with Crippen LogP contribution in [0.3, 0.4) is 0 Å². The molecule has 70 heavy (non-hydrogen) atoms. The van der Waals surface area contributed by atoms with E-state index in [1.165, 1.54) is 0 Å². The zero-order chi connectivity index (χ0) is 46.6. The van der Waals surface area contributed by atoms with Gasteiger partial charge in [-0.15, -0.1) is 0 Å². The molecule has 0 aliphatic rings. The molecule has 14 rings (SSSR count). The Morgan fingerprint density at radius 1 is 0.271 bits per heavy atom. The molecule has 0 radical (unpaired) electrons. The van der Waals surface area contributed by atoms with E-state index in [0.29, 0.717) is 44.9 Å². The van der Waals surface area contributed by atoms with Gasteiger partial charge >= 0.3 is 0 Å². The van der Waals surface area contributed by atoms with E-state index in [4.69, 9.17) is 0 Å². The monoisotopic (exact) mass is 889 g/mol. The summed E-state index contributed by atoms with van der Waals surface area (Å²) in [5.41, 5.74) is 13.0. The fraction of sp³-hybridized carbons (Fsp3) is 0. The van der Waals surface area contributed by atoms with Gasteiger partial charge in [0.2, 0.25) is 0 Å². The molecule has 0 N–H and O–H groups in total. The third kappa shape index (κ3) is 5.25. The maximum atomic E-state index is 12.1. The molecule has 0 aliphatic heterocycles. The lowest BCUT2D eigenvalue weighted by Crippen LogP contribution is -2.14. The normalized spacial score (nSPS) is 11.7. The number of hydrogen-bond donors (Lipinski definition) is 0. The summed E-state index contributed by atoms with van der Waals surface area (Å²) < 4.78 is 9.15. The summed E-state index contributed by atoms with van der Waals surface area (Å²) in [7, 11) is 0. The van der Waals surface area contributed by atoms with Gasteiger partial charge in [-0.1, -0.05) is 140 Å². The molecular formula is C63H35N7. The van der Waals surface area contributed by atoms with E-state index < -0.39 is 0 Å². The van der Waals surface area contributed by atoms with Crippen LogP contribution in [0.5, 0.6) is 0 Å². The minimum atomic E-state index is 0.333. The van der Waals surface area contributed by atoms with Crippen molar-refractivity contribution in [2.24, 2.45) is 0 Å². The Hall–Kier alpha value is -10.1. The molecule has 7 nitrogen and oxygen atoms in total. The van der Waals surface area contributed by atoms with Crippen LogP contribution in [0.4, 0.5) is 0 Å². The van der Waals surface area contributed by atoms with Gasteiger partial charge in [0.15, 0.2) is 0 Å². The first-order chi connectivity index (χ1) is 34.7. The van der Waals surface area contributed by atoms with Crippen LogP contribution in [0.1, 0.15) is 16.7 Å². The highest BCUT2D eigenvalue weighted by molar-refractivity contribution is 6.29. The number of rotatable bonds is 5. The summed E-state index contributed by atoms with van der Waals surface area (Å²) in [5, 5.41) is 42.6. The van der Waals surface area contributed by atoms with Crippen LogP contribution in [0.2, 0.25) is 0 Å². The van der Waals surface area contributed by atoms with E-state index in [-0.39, 0.29) is 0 Å². The van der Waals surface area contributed by atoms with Gasteiger partial charge in [0.1, 0.15) is 12.1 Å². The van der Waals surface area contributed by atoms with Crippen LogP contribution in [0.15, 0.2) is 212 Å². The smallest absolute Gasteiger partial charge is 0.102 e. The molecule has 0 fully saturated rings. The summed E-state index contributed by atoms with van der Waals surface area (Å²) in [6.07, 6.45) is 0. The second-order valence-corrected chi connectivity index (χ2v) is 17.7. The van der Waals surface area contributed by atoms with E-state index in [0.717, 1.165) is 92.9 Å². The second-order valence-electron chi connectivity index (χ2n) is 17.7. The number of nitriles is 3. The van der Waals surface area contributed by atoms with Crippen molar-refractivity contribution in [1.29, 1.82) is 15.8 Å². The lowest BCUT2D eigenvalue weighted by Gasteiger charge is -2.26. The van der Waals surface area contributed by atoms with Crippen LogP contribution < -0.4 is 0 Å². The SMILES string of the molecule is N#Cc1ccc(-c2c(C#N)c(-n3c4ccccc4c4ccccc43)c(-n3c4ccccc4c4c5c6ccccc6n(-c6ccccc6)c5ccc43)c(-n3c4ccccc4c4ccccc43)c2C#N)cc1. The third-order valence-corrected chi connectivity index (χ3v) is 14.3. The Morgan fingerprint density at radius 3 is 1.03 bits per heavy atom. The molecule has 4 aromatic heterocycles. The van der Waals surface area contributed by atoms with Crippen LogP contribution >= 0.6 is 0 Å². The molecule has 0 amide bonds. The number of aromatic nitrogens is 4. The quantitative estimate of drug-likeness (QED) is 0.172. The lowest BCUT2D eigenvalue weighted by molar-refractivity contribution is 1.04. The Kier molecular flexibility index (Phi) is 8.34. The van der Waals surface area contributed by atoms with Crippen molar-refractivity contribution in [3.05, 3.63) is 229 Å². The van der Waals surface area contributed by atoms with Gasteiger partial charge in [0, 0.05) is 54.3 Å². The zero-order valence-electron chi connectivity index (χ0n) is 37.3. The summed E-state index contributed by atoms with van der Waals surface area (Å²) in [6.45, 7) is 0. The number of para-hydroxylation sites is 7. The average Bonchev–Trinajstić information content (AvgIpc) is 4.15. The lowest BCUT2D eigenvalue weighted by atomic mass is 9.90. The average molecular weight is 890 g/mol. The number of hydrogen-bond acceptors (Lipinski definition) is 3. The highest BCUT2D eigenvalue weighted by Crippen LogP contribution is 2.50. The first-order valence-electron chi connectivity index (χ1n) is 23.2. The van der Waals surface area contributed by atoms with Gasteiger partial charge in [0.25, 0.3) is 0 Å². The number of nitrogens with zero attached hydrogens (tertiary/aromatic N) is 7. The Bertz CT molecular complexity index is 4410. The summed E-state index contributed by atoms with van der Waals surface area (Å²) in [6, 6.07) is 80.5. The van der Waals surface area contributed by atoms with Crippen molar-refractivity contribution >= 4 is 87.2 Å². The van der Waals surface area contributed by atoms with E-state index in [9.17, 15) is 15.8 Å². The van der Waals surface area contributed by atoms with Gasteiger partial charge < -0.3 is 18.3 Å². The number of fused-ring (bicyclic) bond motifs is 13. The zero-order valence-corrected chi connectivity index (χ0v) is 37.3. The Labute approximate surface area is 400 Å². The molecule has 7 heteroatoms. The summed E-state index contributed by atoms with van der Waals surface area (Å²) >= 11 is 0. The molecule has 10 aromatic carbocycles. The maximum absolute atomic E-state index is 12.1. The molecule has 0 spiro atoms. The Morgan fingerprint density at radius 2 is 0.614 bits per heavy atom. The minimum Gasteiger partial charge on any atom is -0.309 e. The van der Waals surface area contributed by atoms with Crippen molar-refractivity contribution < 1.29 is 0 Å². The van der Waals surface area contributed by atoms with Crippen LogP contribution in [-0.2, 0) is 0 Å². The van der Waals surface area contributed by atoms with Crippen molar-refractivity contribution in [2.75, 3.05) is 0 Å². The van der Waals surface area contributed by atoms with Crippen LogP contribution in [0, 0.1) is 34.0 Å². The van der Waals surface area contributed by atoms with Gasteiger partial charge in [0.05, 0.1) is 84.0 Å². The minimum absolute atomic E-state index is 0.333. The summed E-state index contributed by atoms with van der Waals surface area (Å²) in [5.74, 6) is 0. The van der Waals surface area contributed by atoms with E-state index in [1.54, 1.807) is 12.1 Å². The largest absolute Gasteiger partial charge is 0.309 e. The fourth-order valence-corrected chi connectivity index (χ4v) is 11.5. The second kappa shape index (κ2) is 14.9. The Balaban J connectivity index is 1.29. The van der Waals surface area contributed by atoms with Crippen molar-refractivity contribution in [3.63, 3.8) is 0 Å². The molecule has 322 valence electrons. The van der Waals surface area contributed by atoms with Gasteiger partial charge in [-0.3, -0.25) is 0 Å². The molecule has 0 aliphatic carbocycles. The maximum Gasteiger partial charge on any atom is 0.102 e. The molecule has 0 atom stereocenters. The first kappa shape index (κ1) is 39.1. The molecule has 0 unspecified atom stereocenters. The van der Waals surface area contributed by atoms with Gasteiger partial charge in [-0.25, -0.2) is 0 Å². The fourth-order valence-electron chi connectivity index (χ4n) is 11.5. The first-order valence-corrected chi connectivity index (χ1v) is 23.2. The summed E-state index contributed by atoms with van der Waals surface area (Å²) in [4.78, 5) is 0. The topological polar surface area (TPSA) is 91.1 Å². The van der Waals surface area contributed by atoms with E-state index >= 15 is 0 Å². The highest BCUT2D eigenvalue weighted by atomic mass is 15.1. The molecule has 0 bridgehead atoms. The van der Waals surface area contributed by atoms with Gasteiger partial charge in [-0.05, 0) is 78.4 Å². The van der Waals surface area contributed by atoms with Gasteiger partial charge in [-0.2, -0.15) is 15.8 Å². The van der Waals surface area contributed by atoms with Crippen LogP contribution in [0.25, 0.3) is 121 Å². The molecular weight excluding hydrogens is 855 g/mol. The van der Waals surface area contributed by atoms with Crippen molar-refractivity contribution in [3.8, 4) is 52.1 Å². The highest BCUT2D eigenvalue weighted by Gasteiger charge is 2.34. The molecule has 0 saturated heterocycles. The molecule has 4 heterocycles. The predicted molar refractivity (Wildman–Crippen MR) is 283 cm³/mol. The number of benzene rings is 10. The predicted octanol–water partition coefficient (Wildman–Crippen LogP) is 15.4. The standard InChI is InChI=1S/C63H35N7/c64-36-39-30-32-40(33-31-39)58-48(37-65)61(68-50-24-10-4-18-42(50)43-19-5-11-25-51(43)68)63(62(49(58)38-66)69-52-26-12-6-20-44(52)45-21-7-13-27-53(45)69)70-55-29-15-9-23-47(55)60-57(70)35-34-56-59(60)46-22-8-14-28-54(46)67(56)41-16-2-1-3-17-41/h1-35H. The van der Waals surface area contributed by atoms with E-state index in [1.807, 2.05) is 42.5 Å². The van der Waals surface area contributed by atoms with Crippen LogP contribution in [-0.4, -0.2) is 18.3 Å².